The standard InChI is InChI=1S/C15H19N3/c1-11-6-13(3)14(7-12(11)2)8-17-9-15-4-5-16-10-18-15/h4-7,10,17H,8-9H2,1-3H3. The van der Waals surface area contributed by atoms with E-state index in [2.05, 4.69) is 48.2 Å². The normalized spacial score (nSPS) is 10.6. The maximum absolute atomic E-state index is 4.19. The van der Waals surface area contributed by atoms with Crippen LogP contribution >= 0.6 is 0 Å². The predicted molar refractivity (Wildman–Crippen MR) is 73.2 cm³/mol. The lowest BCUT2D eigenvalue weighted by atomic mass is 10.0. The molecule has 0 atom stereocenters. The topological polar surface area (TPSA) is 37.8 Å². The minimum Gasteiger partial charge on any atom is -0.307 e. The summed E-state index contributed by atoms with van der Waals surface area (Å²) in [5.74, 6) is 0. The van der Waals surface area contributed by atoms with E-state index in [1.54, 1.807) is 12.5 Å². The van der Waals surface area contributed by atoms with Crippen LogP contribution in [-0.2, 0) is 13.1 Å². The van der Waals surface area contributed by atoms with Crippen molar-refractivity contribution in [2.45, 2.75) is 33.9 Å². The van der Waals surface area contributed by atoms with Gasteiger partial charge in [0.05, 0.1) is 5.69 Å². The molecule has 0 amide bonds. The van der Waals surface area contributed by atoms with E-state index < -0.39 is 0 Å². The molecule has 1 heterocycles. The highest BCUT2D eigenvalue weighted by Crippen LogP contribution is 2.15. The van der Waals surface area contributed by atoms with Crippen LogP contribution in [0.1, 0.15) is 27.9 Å². The molecule has 3 nitrogen and oxygen atoms in total. The summed E-state index contributed by atoms with van der Waals surface area (Å²) in [5.41, 5.74) is 6.42. The highest BCUT2D eigenvalue weighted by atomic mass is 14.9. The molecule has 0 aliphatic carbocycles. The number of rotatable bonds is 4. The maximum Gasteiger partial charge on any atom is 0.115 e. The average molecular weight is 241 g/mol. The number of nitrogens with one attached hydrogen (secondary N) is 1. The Balaban J connectivity index is 1.97. The van der Waals surface area contributed by atoms with E-state index in [-0.39, 0.29) is 0 Å². The molecule has 0 unspecified atom stereocenters. The van der Waals surface area contributed by atoms with Crippen LogP contribution in [0.3, 0.4) is 0 Å². The Morgan fingerprint density at radius 1 is 1.00 bits per heavy atom. The lowest BCUT2D eigenvalue weighted by Gasteiger charge is -2.10. The Hall–Kier alpha value is -1.74. The van der Waals surface area contributed by atoms with E-state index in [0.29, 0.717) is 0 Å². The second-order valence-electron chi connectivity index (χ2n) is 4.67. The van der Waals surface area contributed by atoms with Crippen LogP contribution in [0.5, 0.6) is 0 Å². The molecule has 0 saturated carbocycles. The number of hydrogen-bond donors (Lipinski definition) is 1. The minimum atomic E-state index is 0.773. The second-order valence-corrected chi connectivity index (χ2v) is 4.67. The highest BCUT2D eigenvalue weighted by molar-refractivity contribution is 5.36. The van der Waals surface area contributed by atoms with Crippen molar-refractivity contribution in [2.24, 2.45) is 0 Å². The third-order valence-electron chi connectivity index (χ3n) is 3.22. The van der Waals surface area contributed by atoms with Gasteiger partial charge in [-0.05, 0) is 49.1 Å². The first-order valence-electron chi connectivity index (χ1n) is 6.19. The number of nitrogens with zero attached hydrogens (tertiary/aromatic N) is 2. The van der Waals surface area contributed by atoms with Crippen LogP contribution in [0, 0.1) is 20.8 Å². The van der Waals surface area contributed by atoms with Crippen LogP contribution in [0.25, 0.3) is 0 Å². The summed E-state index contributed by atoms with van der Waals surface area (Å²) in [6.07, 6.45) is 3.35. The van der Waals surface area contributed by atoms with Crippen LogP contribution in [0.4, 0.5) is 0 Å². The molecule has 94 valence electrons. The van der Waals surface area contributed by atoms with Gasteiger partial charge in [0.15, 0.2) is 0 Å². The number of hydrogen-bond acceptors (Lipinski definition) is 3. The predicted octanol–water partition coefficient (Wildman–Crippen LogP) is 2.69. The molecule has 3 heteroatoms. The molecule has 1 aromatic heterocycles. The first-order valence-corrected chi connectivity index (χ1v) is 6.19. The fraction of sp³-hybridized carbons (Fsp3) is 0.333. The summed E-state index contributed by atoms with van der Waals surface area (Å²) in [6, 6.07) is 6.44. The second kappa shape index (κ2) is 5.74. The molecule has 1 N–H and O–H groups in total. The molecule has 0 spiro atoms. The zero-order chi connectivity index (χ0) is 13.0. The summed E-state index contributed by atoms with van der Waals surface area (Å²) < 4.78 is 0. The average Bonchev–Trinajstić information content (AvgIpc) is 2.37. The van der Waals surface area contributed by atoms with E-state index in [1.165, 1.54) is 22.3 Å². The smallest absolute Gasteiger partial charge is 0.115 e. The van der Waals surface area contributed by atoms with Crippen molar-refractivity contribution in [1.82, 2.24) is 15.3 Å². The monoisotopic (exact) mass is 241 g/mol. The Morgan fingerprint density at radius 2 is 1.78 bits per heavy atom. The fourth-order valence-electron chi connectivity index (χ4n) is 1.96. The Bertz CT molecular complexity index is 521. The van der Waals surface area contributed by atoms with Crippen molar-refractivity contribution >= 4 is 0 Å². The lowest BCUT2D eigenvalue weighted by Crippen LogP contribution is -2.14. The molecular formula is C15H19N3. The fourth-order valence-corrected chi connectivity index (χ4v) is 1.96. The van der Waals surface area contributed by atoms with Gasteiger partial charge in [0.1, 0.15) is 6.33 Å². The van der Waals surface area contributed by atoms with Gasteiger partial charge in [0.2, 0.25) is 0 Å². The van der Waals surface area contributed by atoms with Gasteiger partial charge in [-0.25, -0.2) is 9.97 Å². The Labute approximate surface area is 108 Å². The van der Waals surface area contributed by atoms with Gasteiger partial charge in [-0.3, -0.25) is 0 Å². The summed E-state index contributed by atoms with van der Waals surface area (Å²) >= 11 is 0. The van der Waals surface area contributed by atoms with E-state index in [9.17, 15) is 0 Å². The summed E-state index contributed by atoms with van der Waals surface area (Å²) in [7, 11) is 0. The first kappa shape index (κ1) is 12.7. The quantitative estimate of drug-likeness (QED) is 0.894. The SMILES string of the molecule is Cc1cc(C)c(CNCc2ccncn2)cc1C. The molecule has 0 aliphatic heterocycles. The lowest BCUT2D eigenvalue weighted by molar-refractivity contribution is 0.675. The Morgan fingerprint density at radius 3 is 2.50 bits per heavy atom. The van der Waals surface area contributed by atoms with Crippen LogP contribution in [-0.4, -0.2) is 9.97 Å². The van der Waals surface area contributed by atoms with Crippen molar-refractivity contribution in [2.75, 3.05) is 0 Å². The van der Waals surface area contributed by atoms with Crippen molar-refractivity contribution in [1.29, 1.82) is 0 Å². The van der Waals surface area contributed by atoms with Crippen molar-refractivity contribution in [3.05, 3.63) is 58.7 Å². The van der Waals surface area contributed by atoms with Gasteiger partial charge >= 0.3 is 0 Å². The molecule has 0 saturated heterocycles. The highest BCUT2D eigenvalue weighted by Gasteiger charge is 2.02. The summed E-state index contributed by atoms with van der Waals surface area (Å²) in [4.78, 5) is 8.10. The minimum absolute atomic E-state index is 0.773. The zero-order valence-corrected chi connectivity index (χ0v) is 11.2. The molecule has 18 heavy (non-hydrogen) atoms. The van der Waals surface area contributed by atoms with E-state index in [1.807, 2.05) is 6.07 Å². The molecule has 0 aliphatic rings. The van der Waals surface area contributed by atoms with Crippen molar-refractivity contribution < 1.29 is 0 Å². The van der Waals surface area contributed by atoms with Crippen LogP contribution in [0.15, 0.2) is 30.7 Å². The molecule has 1 aromatic carbocycles. The van der Waals surface area contributed by atoms with Gasteiger partial charge in [-0.1, -0.05) is 12.1 Å². The number of aromatic nitrogens is 2. The Kier molecular flexibility index (Phi) is 4.05. The van der Waals surface area contributed by atoms with Crippen LogP contribution in [0.2, 0.25) is 0 Å². The largest absolute Gasteiger partial charge is 0.307 e. The van der Waals surface area contributed by atoms with Gasteiger partial charge in [-0.2, -0.15) is 0 Å². The van der Waals surface area contributed by atoms with Gasteiger partial charge in [-0.15, -0.1) is 0 Å². The van der Waals surface area contributed by atoms with E-state index >= 15 is 0 Å². The zero-order valence-electron chi connectivity index (χ0n) is 11.2. The maximum atomic E-state index is 4.19. The van der Waals surface area contributed by atoms with Gasteiger partial charge < -0.3 is 5.32 Å². The molecule has 2 aromatic rings. The van der Waals surface area contributed by atoms with Crippen molar-refractivity contribution in [3.63, 3.8) is 0 Å². The van der Waals surface area contributed by atoms with Crippen LogP contribution < -0.4 is 5.32 Å². The van der Waals surface area contributed by atoms with Crippen molar-refractivity contribution in [3.8, 4) is 0 Å². The summed E-state index contributed by atoms with van der Waals surface area (Å²) in [6.45, 7) is 8.11. The molecule has 2 rings (SSSR count). The first-order chi connectivity index (χ1) is 8.66. The number of aryl methyl sites for hydroxylation is 3. The molecular weight excluding hydrogens is 222 g/mol. The van der Waals surface area contributed by atoms with Gasteiger partial charge in [0.25, 0.3) is 0 Å². The third kappa shape index (κ3) is 3.14. The van der Waals surface area contributed by atoms with Gasteiger partial charge in [0, 0.05) is 19.3 Å². The van der Waals surface area contributed by atoms with E-state index in [4.69, 9.17) is 0 Å². The number of benzene rings is 1. The molecule has 0 bridgehead atoms. The summed E-state index contributed by atoms with van der Waals surface area (Å²) in [5, 5.41) is 3.42. The molecule has 0 fully saturated rings. The molecule has 0 radical (unpaired) electrons. The third-order valence-corrected chi connectivity index (χ3v) is 3.22. The van der Waals surface area contributed by atoms with E-state index in [0.717, 1.165) is 18.8 Å².